The van der Waals surface area contributed by atoms with Gasteiger partial charge in [-0.25, -0.2) is 4.98 Å². The van der Waals surface area contributed by atoms with Crippen molar-refractivity contribution in [1.82, 2.24) is 15.1 Å². The molecule has 0 aliphatic carbocycles. The molecule has 1 N–H and O–H groups in total. The van der Waals surface area contributed by atoms with Crippen molar-refractivity contribution in [3.05, 3.63) is 48.3 Å². The second-order valence-corrected chi connectivity index (χ2v) is 4.01. The minimum atomic E-state index is 0.172. The number of nitriles is 1. The molecule has 2 aromatic heterocycles. The Kier molecular flexibility index (Phi) is 2.86. The number of aromatic nitrogens is 3. The largest absolute Gasteiger partial charge is 0.508 e. The van der Waals surface area contributed by atoms with Gasteiger partial charge < -0.3 is 9.63 Å². The summed E-state index contributed by atoms with van der Waals surface area (Å²) in [4.78, 5) is 8.14. The van der Waals surface area contributed by atoms with Crippen molar-refractivity contribution in [2.45, 2.75) is 0 Å². The highest BCUT2D eigenvalue weighted by Crippen LogP contribution is 2.23. The smallest absolute Gasteiger partial charge is 0.258 e. The van der Waals surface area contributed by atoms with Gasteiger partial charge in [0.2, 0.25) is 5.82 Å². The summed E-state index contributed by atoms with van der Waals surface area (Å²) in [7, 11) is 0. The molecule has 3 aromatic rings. The molecule has 0 spiro atoms. The van der Waals surface area contributed by atoms with Crippen LogP contribution in [0, 0.1) is 11.3 Å². The van der Waals surface area contributed by atoms with Gasteiger partial charge in [-0.2, -0.15) is 10.2 Å². The molecule has 2 heterocycles. The van der Waals surface area contributed by atoms with Gasteiger partial charge in [0.05, 0.1) is 0 Å². The van der Waals surface area contributed by atoms with E-state index in [1.54, 1.807) is 36.4 Å². The molecule has 96 valence electrons. The van der Waals surface area contributed by atoms with E-state index < -0.39 is 0 Å². The molecule has 0 bridgehead atoms. The number of aromatic hydroxyl groups is 1. The minimum Gasteiger partial charge on any atom is -0.508 e. The van der Waals surface area contributed by atoms with Crippen LogP contribution >= 0.6 is 0 Å². The number of hydrogen-bond donors (Lipinski definition) is 1. The van der Waals surface area contributed by atoms with Crippen LogP contribution in [0.4, 0.5) is 0 Å². The fraction of sp³-hybridized carbons (Fsp3) is 0. The number of rotatable bonds is 2. The third-order valence-corrected chi connectivity index (χ3v) is 2.67. The molecule has 20 heavy (non-hydrogen) atoms. The zero-order chi connectivity index (χ0) is 13.9. The van der Waals surface area contributed by atoms with Crippen LogP contribution in [0.5, 0.6) is 5.75 Å². The Hall–Kier alpha value is -3.20. The number of pyridine rings is 1. The summed E-state index contributed by atoms with van der Waals surface area (Å²) < 4.78 is 5.17. The lowest BCUT2D eigenvalue weighted by Gasteiger charge is -1.94. The zero-order valence-corrected chi connectivity index (χ0v) is 10.2. The predicted molar refractivity (Wildman–Crippen MR) is 69.3 cm³/mol. The maximum absolute atomic E-state index is 9.24. The van der Waals surface area contributed by atoms with Crippen LogP contribution in [0.25, 0.3) is 22.8 Å². The Morgan fingerprint density at radius 1 is 1.10 bits per heavy atom. The predicted octanol–water partition coefficient (Wildman–Crippen LogP) is 2.38. The number of nitrogens with zero attached hydrogens (tertiary/aromatic N) is 4. The highest BCUT2D eigenvalue weighted by atomic mass is 16.5. The number of benzene rings is 1. The van der Waals surface area contributed by atoms with Crippen LogP contribution in [-0.4, -0.2) is 20.2 Å². The van der Waals surface area contributed by atoms with Gasteiger partial charge >= 0.3 is 0 Å². The van der Waals surface area contributed by atoms with Gasteiger partial charge in [0.25, 0.3) is 5.89 Å². The highest BCUT2D eigenvalue weighted by molar-refractivity contribution is 5.60. The van der Waals surface area contributed by atoms with Crippen LogP contribution in [0.15, 0.2) is 47.1 Å². The summed E-state index contributed by atoms with van der Waals surface area (Å²) in [5.74, 6) is 0.896. The van der Waals surface area contributed by atoms with Crippen molar-refractivity contribution in [3.8, 4) is 34.7 Å². The first-order chi connectivity index (χ1) is 9.76. The van der Waals surface area contributed by atoms with Crippen molar-refractivity contribution in [1.29, 1.82) is 5.26 Å². The average molecular weight is 264 g/mol. The van der Waals surface area contributed by atoms with Crippen molar-refractivity contribution in [3.63, 3.8) is 0 Å². The second-order valence-electron chi connectivity index (χ2n) is 4.01. The molecule has 6 heteroatoms. The van der Waals surface area contributed by atoms with Crippen molar-refractivity contribution >= 4 is 0 Å². The van der Waals surface area contributed by atoms with E-state index in [2.05, 4.69) is 15.1 Å². The minimum absolute atomic E-state index is 0.172. The SMILES string of the molecule is N#Cc1cc(-c2nc(-c3ccc(O)cc3)no2)ccn1. The third kappa shape index (κ3) is 2.20. The number of phenolic OH excluding ortho intramolecular Hbond substituents is 1. The molecule has 0 aliphatic heterocycles. The molecule has 0 amide bonds. The normalized spacial score (nSPS) is 10.2. The van der Waals surface area contributed by atoms with E-state index in [9.17, 15) is 5.11 Å². The van der Waals surface area contributed by atoms with Gasteiger partial charge in [-0.3, -0.25) is 0 Å². The van der Waals surface area contributed by atoms with E-state index in [4.69, 9.17) is 9.78 Å². The first kappa shape index (κ1) is 11.9. The molecule has 3 rings (SSSR count). The van der Waals surface area contributed by atoms with E-state index in [0.717, 1.165) is 5.56 Å². The van der Waals surface area contributed by atoms with Crippen LogP contribution in [0.1, 0.15) is 5.69 Å². The van der Waals surface area contributed by atoms with Crippen molar-refractivity contribution < 1.29 is 9.63 Å². The van der Waals surface area contributed by atoms with E-state index in [1.165, 1.54) is 6.20 Å². The quantitative estimate of drug-likeness (QED) is 0.763. The lowest BCUT2D eigenvalue weighted by atomic mass is 10.2. The third-order valence-electron chi connectivity index (χ3n) is 2.67. The fourth-order valence-corrected chi connectivity index (χ4v) is 1.69. The molecule has 0 saturated heterocycles. The fourth-order valence-electron chi connectivity index (χ4n) is 1.69. The molecule has 0 aliphatic rings. The topological polar surface area (TPSA) is 95.8 Å². The molecule has 0 radical (unpaired) electrons. The Bertz CT molecular complexity index is 787. The van der Waals surface area contributed by atoms with E-state index >= 15 is 0 Å². The Morgan fingerprint density at radius 3 is 2.65 bits per heavy atom. The van der Waals surface area contributed by atoms with Gasteiger partial charge in [0.1, 0.15) is 17.5 Å². The molecule has 1 aromatic carbocycles. The summed E-state index contributed by atoms with van der Waals surface area (Å²) in [6.07, 6.45) is 1.51. The van der Waals surface area contributed by atoms with Gasteiger partial charge in [0.15, 0.2) is 0 Å². The summed E-state index contributed by atoms with van der Waals surface area (Å²) in [6.45, 7) is 0. The summed E-state index contributed by atoms with van der Waals surface area (Å²) in [6, 6.07) is 11.7. The van der Waals surface area contributed by atoms with Gasteiger partial charge in [-0.1, -0.05) is 5.16 Å². The second kappa shape index (κ2) is 4.82. The molecule has 0 saturated carbocycles. The zero-order valence-electron chi connectivity index (χ0n) is 10.2. The summed E-state index contributed by atoms with van der Waals surface area (Å²) >= 11 is 0. The van der Waals surface area contributed by atoms with Crippen molar-refractivity contribution in [2.24, 2.45) is 0 Å². The van der Waals surface area contributed by atoms with Crippen LogP contribution in [-0.2, 0) is 0 Å². The molecule has 0 unspecified atom stereocenters. The Morgan fingerprint density at radius 2 is 1.90 bits per heavy atom. The maximum Gasteiger partial charge on any atom is 0.258 e. The first-order valence-corrected chi connectivity index (χ1v) is 5.76. The summed E-state index contributed by atoms with van der Waals surface area (Å²) in [5, 5.41) is 21.9. The molecular formula is C14H8N4O2. The Labute approximate surface area is 114 Å². The van der Waals surface area contributed by atoms with E-state index in [1.807, 2.05) is 6.07 Å². The molecule has 0 atom stereocenters. The lowest BCUT2D eigenvalue weighted by molar-refractivity contribution is 0.432. The Balaban J connectivity index is 1.97. The average Bonchev–Trinajstić information content (AvgIpc) is 2.98. The van der Waals surface area contributed by atoms with E-state index in [-0.39, 0.29) is 11.4 Å². The van der Waals surface area contributed by atoms with Gasteiger partial charge in [0, 0.05) is 17.3 Å². The van der Waals surface area contributed by atoms with Crippen LogP contribution in [0.2, 0.25) is 0 Å². The maximum atomic E-state index is 9.24. The lowest BCUT2D eigenvalue weighted by Crippen LogP contribution is -1.84. The monoisotopic (exact) mass is 264 g/mol. The van der Waals surface area contributed by atoms with Crippen molar-refractivity contribution in [2.75, 3.05) is 0 Å². The van der Waals surface area contributed by atoms with E-state index in [0.29, 0.717) is 17.3 Å². The molecule has 0 fully saturated rings. The number of hydrogen-bond acceptors (Lipinski definition) is 6. The van der Waals surface area contributed by atoms with Crippen LogP contribution < -0.4 is 0 Å². The van der Waals surface area contributed by atoms with Gasteiger partial charge in [-0.15, -0.1) is 0 Å². The van der Waals surface area contributed by atoms with Crippen LogP contribution in [0.3, 0.4) is 0 Å². The standard InChI is InChI=1S/C14H8N4O2/c15-8-11-7-10(5-6-16-11)14-17-13(18-20-14)9-1-3-12(19)4-2-9/h1-7,19H. The first-order valence-electron chi connectivity index (χ1n) is 5.76. The molecular weight excluding hydrogens is 256 g/mol. The summed E-state index contributed by atoms with van der Waals surface area (Å²) in [5.41, 5.74) is 1.65. The highest BCUT2D eigenvalue weighted by Gasteiger charge is 2.11. The number of phenols is 1. The van der Waals surface area contributed by atoms with Gasteiger partial charge in [-0.05, 0) is 36.4 Å². The molecule has 6 nitrogen and oxygen atoms in total.